The van der Waals surface area contributed by atoms with Gasteiger partial charge in [-0.2, -0.15) is 9.61 Å². The van der Waals surface area contributed by atoms with Crippen LogP contribution in [0.5, 0.6) is 5.88 Å². The Morgan fingerprint density at radius 1 is 1.33 bits per heavy atom. The zero-order valence-corrected chi connectivity index (χ0v) is 15.0. The lowest BCUT2D eigenvalue weighted by Gasteiger charge is -2.40. The summed E-state index contributed by atoms with van der Waals surface area (Å²) in [6, 6.07) is 3.87. The van der Waals surface area contributed by atoms with Gasteiger partial charge in [-0.05, 0) is 19.1 Å². The van der Waals surface area contributed by atoms with E-state index < -0.39 is 0 Å². The van der Waals surface area contributed by atoms with Crippen LogP contribution in [0.4, 0.5) is 5.82 Å². The zero-order valence-electron chi connectivity index (χ0n) is 15.0. The van der Waals surface area contributed by atoms with Crippen molar-refractivity contribution in [2.45, 2.75) is 19.9 Å². The molecule has 10 heteroatoms. The summed E-state index contributed by atoms with van der Waals surface area (Å²) in [5, 5.41) is 19.9. The van der Waals surface area contributed by atoms with Gasteiger partial charge in [0.2, 0.25) is 5.88 Å². The Morgan fingerprint density at radius 3 is 3.11 bits per heavy atom. The van der Waals surface area contributed by atoms with Crippen molar-refractivity contribution >= 4 is 17.4 Å². The molecule has 1 fully saturated rings. The van der Waals surface area contributed by atoms with E-state index in [9.17, 15) is 4.79 Å². The average Bonchev–Trinajstić information content (AvgIpc) is 3.24. The van der Waals surface area contributed by atoms with E-state index in [1.807, 2.05) is 19.1 Å². The first-order valence-corrected chi connectivity index (χ1v) is 9.10. The molecular weight excluding hydrogens is 348 g/mol. The number of rotatable bonds is 4. The lowest BCUT2D eigenvalue weighted by atomic mass is 10.00. The minimum atomic E-state index is -0.128. The lowest BCUT2D eigenvalue weighted by Crippen LogP contribution is -2.52. The molecule has 1 N–H and O–H groups in total. The summed E-state index contributed by atoms with van der Waals surface area (Å²) in [7, 11) is 0. The number of nitrogens with zero attached hydrogens (tertiary/aromatic N) is 7. The zero-order chi connectivity index (χ0) is 18.4. The second-order valence-electron chi connectivity index (χ2n) is 6.98. The van der Waals surface area contributed by atoms with Gasteiger partial charge in [-0.1, -0.05) is 0 Å². The fourth-order valence-electron chi connectivity index (χ4n) is 3.50. The number of carbonyl (C=O) groups is 1. The molecule has 2 aliphatic heterocycles. The third-order valence-corrected chi connectivity index (χ3v) is 5.03. The largest absolute Gasteiger partial charge is 0.477 e. The maximum Gasteiger partial charge on any atom is 0.258 e. The van der Waals surface area contributed by atoms with Gasteiger partial charge in [0.05, 0.1) is 12.8 Å². The molecule has 5 heterocycles. The first-order chi connectivity index (χ1) is 13.2. The molecule has 27 heavy (non-hydrogen) atoms. The monoisotopic (exact) mass is 368 g/mol. The lowest BCUT2D eigenvalue weighted by molar-refractivity contribution is 0.0938. The van der Waals surface area contributed by atoms with Crippen molar-refractivity contribution in [1.29, 1.82) is 0 Å². The van der Waals surface area contributed by atoms with Crippen LogP contribution in [-0.4, -0.2) is 61.7 Å². The highest BCUT2D eigenvalue weighted by Crippen LogP contribution is 2.24. The van der Waals surface area contributed by atoms with Gasteiger partial charge in [-0.15, -0.1) is 15.3 Å². The SMILES string of the molecule is Cc1nnc2ccc(N3CC(CNC(=O)c4cnn5c4OCCC5)C3)nn12. The second-order valence-corrected chi connectivity index (χ2v) is 6.98. The summed E-state index contributed by atoms with van der Waals surface area (Å²) in [5.41, 5.74) is 1.26. The van der Waals surface area contributed by atoms with Gasteiger partial charge in [0.25, 0.3) is 5.91 Å². The Bertz CT molecular complexity index is 1000. The smallest absolute Gasteiger partial charge is 0.258 e. The number of carbonyl (C=O) groups excluding carboxylic acids is 1. The summed E-state index contributed by atoms with van der Waals surface area (Å²) < 4.78 is 9.08. The van der Waals surface area contributed by atoms with Crippen LogP contribution in [0.25, 0.3) is 5.65 Å². The number of nitrogens with one attached hydrogen (secondary N) is 1. The number of anilines is 1. The molecule has 0 atom stereocenters. The maximum atomic E-state index is 12.4. The quantitative estimate of drug-likeness (QED) is 0.705. The Kier molecular flexibility index (Phi) is 3.69. The van der Waals surface area contributed by atoms with Gasteiger partial charge in [0.1, 0.15) is 11.4 Å². The summed E-state index contributed by atoms with van der Waals surface area (Å²) in [4.78, 5) is 14.6. The van der Waals surface area contributed by atoms with Crippen LogP contribution in [0, 0.1) is 12.8 Å². The number of aromatic nitrogens is 6. The van der Waals surface area contributed by atoms with Gasteiger partial charge in [0, 0.05) is 38.5 Å². The first kappa shape index (κ1) is 16.0. The van der Waals surface area contributed by atoms with Crippen LogP contribution >= 0.6 is 0 Å². The fraction of sp³-hybridized carbons (Fsp3) is 0.471. The van der Waals surface area contributed by atoms with E-state index in [4.69, 9.17) is 4.74 Å². The van der Waals surface area contributed by atoms with Crippen LogP contribution < -0.4 is 15.0 Å². The van der Waals surface area contributed by atoms with E-state index in [2.05, 4.69) is 30.6 Å². The van der Waals surface area contributed by atoms with Gasteiger partial charge in [-0.3, -0.25) is 4.79 Å². The standard InChI is InChI=1S/C17H20N8O2/c1-11-20-21-14-3-4-15(22-25(11)14)23-9-12(10-23)7-18-16(26)13-8-19-24-5-2-6-27-17(13)24/h3-4,8,12H,2,5-7,9-10H2,1H3,(H,18,26). The molecule has 3 aromatic heterocycles. The predicted molar refractivity (Wildman–Crippen MR) is 95.9 cm³/mol. The van der Waals surface area contributed by atoms with Crippen LogP contribution in [0.15, 0.2) is 18.3 Å². The molecule has 1 saturated heterocycles. The molecule has 10 nitrogen and oxygen atoms in total. The molecule has 0 spiro atoms. The normalized spacial score (nSPS) is 16.7. The van der Waals surface area contributed by atoms with E-state index in [1.54, 1.807) is 15.4 Å². The maximum absolute atomic E-state index is 12.4. The van der Waals surface area contributed by atoms with E-state index in [0.717, 1.165) is 43.3 Å². The van der Waals surface area contributed by atoms with E-state index >= 15 is 0 Å². The van der Waals surface area contributed by atoms with Crippen molar-refractivity contribution in [3.05, 3.63) is 29.7 Å². The van der Waals surface area contributed by atoms with E-state index in [1.165, 1.54) is 0 Å². The Hall–Kier alpha value is -3.17. The number of fused-ring (bicyclic) bond motifs is 2. The minimum absolute atomic E-state index is 0.128. The highest BCUT2D eigenvalue weighted by Gasteiger charge is 2.29. The Labute approximate surface area is 155 Å². The molecule has 0 saturated carbocycles. The van der Waals surface area contributed by atoms with Crippen molar-refractivity contribution in [2.75, 3.05) is 31.1 Å². The second kappa shape index (κ2) is 6.22. The van der Waals surface area contributed by atoms with Crippen molar-refractivity contribution in [3.8, 4) is 5.88 Å². The molecule has 140 valence electrons. The average molecular weight is 368 g/mol. The van der Waals surface area contributed by atoms with Crippen LogP contribution in [0.1, 0.15) is 22.6 Å². The van der Waals surface area contributed by atoms with Crippen LogP contribution in [0.2, 0.25) is 0 Å². The molecule has 0 unspecified atom stereocenters. The van der Waals surface area contributed by atoms with E-state index in [-0.39, 0.29) is 5.91 Å². The summed E-state index contributed by atoms with van der Waals surface area (Å²) in [5.74, 6) is 2.50. The third kappa shape index (κ3) is 2.77. The molecule has 1 amide bonds. The Morgan fingerprint density at radius 2 is 2.22 bits per heavy atom. The number of hydrogen-bond donors (Lipinski definition) is 1. The summed E-state index contributed by atoms with van der Waals surface area (Å²) in [6.45, 7) is 5.62. The number of hydrogen-bond acceptors (Lipinski definition) is 7. The molecule has 5 rings (SSSR count). The molecule has 2 aliphatic rings. The molecule has 0 aromatic carbocycles. The van der Waals surface area contributed by atoms with Gasteiger partial charge >= 0.3 is 0 Å². The molecule has 0 radical (unpaired) electrons. The topological polar surface area (TPSA) is 102 Å². The number of aryl methyl sites for hydroxylation is 2. The van der Waals surface area contributed by atoms with Gasteiger partial charge in [-0.25, -0.2) is 4.68 Å². The van der Waals surface area contributed by atoms with Crippen molar-refractivity contribution < 1.29 is 9.53 Å². The van der Waals surface area contributed by atoms with E-state index in [0.29, 0.717) is 30.5 Å². The molecular formula is C17H20N8O2. The van der Waals surface area contributed by atoms with Crippen LogP contribution in [-0.2, 0) is 6.54 Å². The molecule has 0 aliphatic carbocycles. The van der Waals surface area contributed by atoms with Gasteiger partial charge in [0.15, 0.2) is 11.5 Å². The third-order valence-electron chi connectivity index (χ3n) is 5.03. The minimum Gasteiger partial charge on any atom is -0.477 e. The van der Waals surface area contributed by atoms with Gasteiger partial charge < -0.3 is 15.0 Å². The number of ether oxygens (including phenoxy) is 1. The van der Waals surface area contributed by atoms with Crippen LogP contribution in [0.3, 0.4) is 0 Å². The van der Waals surface area contributed by atoms with Crippen molar-refractivity contribution in [2.24, 2.45) is 5.92 Å². The van der Waals surface area contributed by atoms with Crippen molar-refractivity contribution in [3.63, 3.8) is 0 Å². The number of amides is 1. The highest BCUT2D eigenvalue weighted by atomic mass is 16.5. The Balaban J connectivity index is 1.17. The first-order valence-electron chi connectivity index (χ1n) is 9.10. The van der Waals surface area contributed by atoms with Crippen molar-refractivity contribution in [1.82, 2.24) is 34.9 Å². The molecule has 0 bridgehead atoms. The summed E-state index contributed by atoms with van der Waals surface area (Å²) >= 11 is 0. The predicted octanol–water partition coefficient (Wildman–Crippen LogP) is 0.278. The summed E-state index contributed by atoms with van der Waals surface area (Å²) in [6.07, 6.45) is 2.51. The highest BCUT2D eigenvalue weighted by molar-refractivity contribution is 5.96. The molecule has 3 aromatic rings. The fourth-order valence-corrected chi connectivity index (χ4v) is 3.50.